The van der Waals surface area contributed by atoms with Crippen molar-refractivity contribution in [1.29, 1.82) is 0 Å². The number of halogens is 2. The molecule has 0 spiro atoms. The molecule has 1 fully saturated rings. The van der Waals surface area contributed by atoms with E-state index in [0.717, 1.165) is 6.07 Å². The van der Waals surface area contributed by atoms with Crippen LogP contribution in [0.15, 0.2) is 24.3 Å². The lowest BCUT2D eigenvalue weighted by molar-refractivity contribution is -0.127. The summed E-state index contributed by atoms with van der Waals surface area (Å²) in [5.74, 6) is -1.42. The highest BCUT2D eigenvalue weighted by atomic mass is 19.1. The molecule has 2 atom stereocenters. The zero-order valence-electron chi connectivity index (χ0n) is 12.5. The molecule has 1 saturated heterocycles. The second kappa shape index (κ2) is 6.35. The van der Waals surface area contributed by atoms with Gasteiger partial charge in [0.15, 0.2) is 0 Å². The van der Waals surface area contributed by atoms with Crippen molar-refractivity contribution in [3.8, 4) is 0 Å². The Morgan fingerprint density at radius 1 is 1.29 bits per heavy atom. The van der Waals surface area contributed by atoms with Crippen LogP contribution in [0.5, 0.6) is 0 Å². The lowest BCUT2D eigenvalue weighted by Crippen LogP contribution is -2.55. The molecule has 1 aliphatic rings. The van der Waals surface area contributed by atoms with Crippen LogP contribution in [0.25, 0.3) is 5.57 Å². The SMILES string of the molecule is C/C(=C\C(=O)N1CC(C)NC(C)C1)c1ccc(F)cc1F. The maximum atomic E-state index is 13.7. The van der Waals surface area contributed by atoms with Crippen LogP contribution in [-0.2, 0) is 4.79 Å². The van der Waals surface area contributed by atoms with E-state index in [9.17, 15) is 13.6 Å². The molecule has 1 aliphatic heterocycles. The van der Waals surface area contributed by atoms with Gasteiger partial charge in [-0.3, -0.25) is 4.79 Å². The van der Waals surface area contributed by atoms with Gasteiger partial charge in [0, 0.05) is 42.9 Å². The van der Waals surface area contributed by atoms with E-state index in [2.05, 4.69) is 5.32 Å². The van der Waals surface area contributed by atoms with Crippen LogP contribution in [0.3, 0.4) is 0 Å². The molecule has 2 unspecified atom stereocenters. The summed E-state index contributed by atoms with van der Waals surface area (Å²) in [6, 6.07) is 3.83. The van der Waals surface area contributed by atoms with E-state index in [4.69, 9.17) is 0 Å². The third-order valence-electron chi connectivity index (χ3n) is 3.57. The average Bonchev–Trinajstić information content (AvgIpc) is 2.37. The third-order valence-corrected chi connectivity index (χ3v) is 3.57. The fourth-order valence-corrected chi connectivity index (χ4v) is 2.67. The highest BCUT2D eigenvalue weighted by Gasteiger charge is 2.23. The van der Waals surface area contributed by atoms with E-state index in [-0.39, 0.29) is 23.6 Å². The Morgan fingerprint density at radius 2 is 1.90 bits per heavy atom. The van der Waals surface area contributed by atoms with Crippen molar-refractivity contribution < 1.29 is 13.6 Å². The smallest absolute Gasteiger partial charge is 0.246 e. The molecule has 1 heterocycles. The first-order valence-electron chi connectivity index (χ1n) is 7.05. The maximum absolute atomic E-state index is 13.7. The van der Waals surface area contributed by atoms with Crippen LogP contribution in [0, 0.1) is 11.6 Å². The van der Waals surface area contributed by atoms with Gasteiger partial charge in [-0.05, 0) is 38.5 Å². The molecule has 1 aromatic rings. The standard InChI is InChI=1S/C16H20F2N2O/c1-10(14-5-4-13(17)7-15(14)18)6-16(21)20-8-11(2)19-12(3)9-20/h4-7,11-12,19H,8-9H2,1-3H3/b10-6+. The molecule has 21 heavy (non-hydrogen) atoms. The number of benzene rings is 1. The van der Waals surface area contributed by atoms with E-state index >= 15 is 0 Å². The molecule has 5 heteroatoms. The monoisotopic (exact) mass is 294 g/mol. The number of carbonyl (C=O) groups excluding carboxylic acids is 1. The van der Waals surface area contributed by atoms with Gasteiger partial charge in [0.1, 0.15) is 11.6 Å². The van der Waals surface area contributed by atoms with Gasteiger partial charge in [0.25, 0.3) is 0 Å². The first-order valence-corrected chi connectivity index (χ1v) is 7.05. The molecule has 0 bridgehead atoms. The molecular weight excluding hydrogens is 274 g/mol. The quantitative estimate of drug-likeness (QED) is 0.850. The summed E-state index contributed by atoms with van der Waals surface area (Å²) in [4.78, 5) is 14.0. The van der Waals surface area contributed by atoms with Gasteiger partial charge in [-0.1, -0.05) is 0 Å². The maximum Gasteiger partial charge on any atom is 0.246 e. The average molecular weight is 294 g/mol. The third kappa shape index (κ3) is 3.88. The van der Waals surface area contributed by atoms with Crippen molar-refractivity contribution in [3.63, 3.8) is 0 Å². The minimum Gasteiger partial charge on any atom is -0.336 e. The summed E-state index contributed by atoms with van der Waals surface area (Å²) in [7, 11) is 0. The largest absolute Gasteiger partial charge is 0.336 e. The molecule has 1 aromatic carbocycles. The van der Waals surface area contributed by atoms with Gasteiger partial charge in [-0.25, -0.2) is 8.78 Å². The molecule has 114 valence electrons. The van der Waals surface area contributed by atoms with Gasteiger partial charge >= 0.3 is 0 Å². The fraction of sp³-hybridized carbons (Fsp3) is 0.438. The second-order valence-corrected chi connectivity index (χ2v) is 5.66. The van der Waals surface area contributed by atoms with Gasteiger partial charge in [0.05, 0.1) is 0 Å². The Labute approximate surface area is 123 Å². The lowest BCUT2D eigenvalue weighted by Gasteiger charge is -2.35. The number of nitrogens with one attached hydrogen (secondary N) is 1. The fourth-order valence-electron chi connectivity index (χ4n) is 2.67. The summed E-state index contributed by atoms with van der Waals surface area (Å²) in [6.45, 7) is 6.94. The Morgan fingerprint density at radius 3 is 2.48 bits per heavy atom. The zero-order valence-corrected chi connectivity index (χ0v) is 12.5. The number of piperazine rings is 1. The van der Waals surface area contributed by atoms with Crippen molar-refractivity contribution in [2.75, 3.05) is 13.1 Å². The molecule has 0 aliphatic carbocycles. The predicted molar refractivity (Wildman–Crippen MR) is 78.6 cm³/mol. The number of rotatable bonds is 2. The van der Waals surface area contributed by atoms with Crippen LogP contribution in [-0.4, -0.2) is 36.0 Å². The minimum atomic E-state index is -0.654. The van der Waals surface area contributed by atoms with Crippen LogP contribution < -0.4 is 5.32 Å². The van der Waals surface area contributed by atoms with E-state index in [1.807, 2.05) is 13.8 Å². The van der Waals surface area contributed by atoms with Crippen molar-refractivity contribution >= 4 is 11.5 Å². The Bertz CT molecular complexity index is 561. The zero-order chi connectivity index (χ0) is 15.6. The van der Waals surface area contributed by atoms with Crippen molar-refractivity contribution in [1.82, 2.24) is 10.2 Å². The van der Waals surface area contributed by atoms with Gasteiger partial charge in [0.2, 0.25) is 5.91 Å². The summed E-state index contributed by atoms with van der Waals surface area (Å²) in [5.41, 5.74) is 0.748. The normalized spacial score (nSPS) is 23.3. The molecule has 0 saturated carbocycles. The van der Waals surface area contributed by atoms with Crippen LogP contribution in [0.4, 0.5) is 8.78 Å². The molecular formula is C16H20F2N2O. The number of carbonyl (C=O) groups is 1. The van der Waals surface area contributed by atoms with Gasteiger partial charge in [-0.15, -0.1) is 0 Å². The Balaban J connectivity index is 2.16. The van der Waals surface area contributed by atoms with Gasteiger partial charge in [-0.2, -0.15) is 0 Å². The van der Waals surface area contributed by atoms with Crippen molar-refractivity contribution in [2.45, 2.75) is 32.9 Å². The Hall–Kier alpha value is -1.75. The molecule has 3 nitrogen and oxygen atoms in total. The second-order valence-electron chi connectivity index (χ2n) is 5.66. The molecule has 1 N–H and O–H groups in total. The summed E-state index contributed by atoms with van der Waals surface area (Å²) >= 11 is 0. The van der Waals surface area contributed by atoms with E-state index in [0.29, 0.717) is 18.7 Å². The number of hydrogen-bond acceptors (Lipinski definition) is 2. The van der Waals surface area contributed by atoms with Gasteiger partial charge < -0.3 is 10.2 Å². The van der Waals surface area contributed by atoms with Crippen molar-refractivity contribution in [3.05, 3.63) is 41.5 Å². The Kier molecular flexibility index (Phi) is 4.73. The first-order chi connectivity index (χ1) is 9.86. The minimum absolute atomic E-state index is 0.142. The number of hydrogen-bond donors (Lipinski definition) is 1. The van der Waals surface area contributed by atoms with Crippen LogP contribution in [0.2, 0.25) is 0 Å². The number of amides is 1. The topological polar surface area (TPSA) is 32.3 Å². The van der Waals surface area contributed by atoms with Crippen molar-refractivity contribution in [2.24, 2.45) is 0 Å². The van der Waals surface area contributed by atoms with Crippen LogP contribution >= 0.6 is 0 Å². The highest BCUT2D eigenvalue weighted by Crippen LogP contribution is 2.19. The molecule has 0 radical (unpaired) electrons. The number of allylic oxidation sites excluding steroid dienone is 1. The summed E-state index contributed by atoms with van der Waals surface area (Å²) in [5, 5.41) is 3.35. The van der Waals surface area contributed by atoms with E-state index in [1.165, 1.54) is 18.2 Å². The summed E-state index contributed by atoms with van der Waals surface area (Å²) < 4.78 is 26.6. The molecule has 1 amide bonds. The van der Waals surface area contributed by atoms with E-state index in [1.54, 1.807) is 11.8 Å². The summed E-state index contributed by atoms with van der Waals surface area (Å²) in [6.07, 6.45) is 1.42. The number of nitrogens with zero attached hydrogens (tertiary/aromatic N) is 1. The highest BCUT2D eigenvalue weighted by molar-refractivity contribution is 5.95. The van der Waals surface area contributed by atoms with E-state index < -0.39 is 11.6 Å². The molecule has 2 rings (SSSR count). The molecule has 0 aromatic heterocycles. The predicted octanol–water partition coefficient (Wildman–Crippen LogP) is 2.58. The van der Waals surface area contributed by atoms with Crippen LogP contribution in [0.1, 0.15) is 26.3 Å². The first kappa shape index (κ1) is 15.6. The lowest BCUT2D eigenvalue weighted by atomic mass is 10.1.